The van der Waals surface area contributed by atoms with Crippen molar-refractivity contribution in [2.24, 2.45) is 0 Å². The average Bonchev–Trinajstić information content (AvgIpc) is 2.91. The fourth-order valence-electron chi connectivity index (χ4n) is 4.70. The van der Waals surface area contributed by atoms with E-state index >= 15 is 0 Å². The highest BCUT2D eigenvalue weighted by atomic mass is 16.5. The Hall–Kier alpha value is -2.62. The number of carbonyl (C=O) groups is 2. The highest BCUT2D eigenvalue weighted by Gasteiger charge is 2.20. The Labute approximate surface area is 225 Å². The Morgan fingerprint density at radius 3 is 2.08 bits per heavy atom. The highest BCUT2D eigenvalue weighted by molar-refractivity contribution is 5.96. The number of hydrogen-bond donors (Lipinski definition) is 0. The lowest BCUT2D eigenvalue weighted by Gasteiger charge is -2.13. The van der Waals surface area contributed by atoms with Crippen molar-refractivity contribution in [2.75, 3.05) is 6.61 Å². The minimum absolute atomic E-state index is 0.272. The summed E-state index contributed by atoms with van der Waals surface area (Å²) in [6.07, 6.45) is 29.0. The van der Waals surface area contributed by atoms with Crippen molar-refractivity contribution in [1.29, 1.82) is 0 Å². The molecule has 0 spiro atoms. The van der Waals surface area contributed by atoms with Gasteiger partial charge < -0.3 is 9.47 Å². The summed E-state index contributed by atoms with van der Waals surface area (Å²) in [5.74, 6) is -0.658. The smallest absolute Gasteiger partial charge is 0.342 e. The molecule has 0 amide bonds. The van der Waals surface area contributed by atoms with Crippen LogP contribution in [0.2, 0.25) is 0 Å². The fourth-order valence-corrected chi connectivity index (χ4v) is 4.70. The molecule has 1 aliphatic rings. The van der Waals surface area contributed by atoms with Gasteiger partial charge in [-0.05, 0) is 55.9 Å². The number of esters is 2. The van der Waals surface area contributed by atoms with Crippen molar-refractivity contribution in [2.45, 2.75) is 117 Å². The van der Waals surface area contributed by atoms with Crippen LogP contribution in [-0.4, -0.2) is 18.5 Å². The van der Waals surface area contributed by atoms with Crippen LogP contribution in [0.1, 0.15) is 126 Å². The van der Waals surface area contributed by atoms with Gasteiger partial charge in [0.1, 0.15) is 11.3 Å². The Morgan fingerprint density at radius 1 is 0.838 bits per heavy atom. The molecule has 0 unspecified atom stereocenters. The maximum atomic E-state index is 12.8. The molecule has 0 N–H and O–H groups in total. The summed E-state index contributed by atoms with van der Waals surface area (Å²) in [7, 11) is 0. The van der Waals surface area contributed by atoms with Gasteiger partial charge in [0.15, 0.2) is 0 Å². The number of rotatable bonds is 19. The molecule has 2 rings (SSSR count). The first-order valence-electron chi connectivity index (χ1n) is 14.7. The molecule has 0 fully saturated rings. The lowest BCUT2D eigenvalue weighted by molar-refractivity contribution is -0.129. The largest absolute Gasteiger partial charge is 0.462 e. The molecule has 37 heavy (non-hydrogen) atoms. The third-order valence-electron chi connectivity index (χ3n) is 6.79. The van der Waals surface area contributed by atoms with Crippen molar-refractivity contribution in [3.63, 3.8) is 0 Å². The summed E-state index contributed by atoms with van der Waals surface area (Å²) in [6.45, 7) is 4.33. The zero-order valence-electron chi connectivity index (χ0n) is 23.3. The molecule has 4 nitrogen and oxygen atoms in total. The Morgan fingerprint density at radius 2 is 1.49 bits per heavy atom. The summed E-state index contributed by atoms with van der Waals surface area (Å²) in [6, 6.07) is 5.46. The van der Waals surface area contributed by atoms with E-state index in [9.17, 15) is 9.59 Å². The van der Waals surface area contributed by atoms with Crippen molar-refractivity contribution in [3.8, 4) is 5.75 Å². The van der Waals surface area contributed by atoms with Gasteiger partial charge in [-0.25, -0.2) is 9.59 Å². The van der Waals surface area contributed by atoms with E-state index in [1.165, 1.54) is 76.7 Å². The van der Waals surface area contributed by atoms with Gasteiger partial charge in [0.25, 0.3) is 0 Å². The molecular formula is C33H48O4. The van der Waals surface area contributed by atoms with Gasteiger partial charge in [-0.1, -0.05) is 114 Å². The van der Waals surface area contributed by atoms with Crippen LogP contribution < -0.4 is 4.74 Å². The zero-order chi connectivity index (χ0) is 26.6. The van der Waals surface area contributed by atoms with Crippen LogP contribution in [0.4, 0.5) is 0 Å². The molecule has 1 aromatic rings. The van der Waals surface area contributed by atoms with E-state index in [1.807, 2.05) is 18.2 Å². The van der Waals surface area contributed by atoms with E-state index in [0.29, 0.717) is 5.56 Å². The van der Waals surface area contributed by atoms with Gasteiger partial charge in [-0.15, -0.1) is 0 Å². The van der Waals surface area contributed by atoms with Crippen LogP contribution >= 0.6 is 0 Å². The number of unbranched alkanes of at least 4 members (excludes halogenated alkanes) is 12. The predicted molar refractivity (Wildman–Crippen MR) is 153 cm³/mol. The molecular weight excluding hydrogens is 460 g/mol. The molecule has 0 saturated heterocycles. The SMILES string of the molecule is CCCCCCCCCCCCCCCc1cccc(OC(=O)/C=C/C2=CCCC=C2)c1C(=O)OCC. The molecule has 0 aromatic heterocycles. The molecule has 1 aliphatic carbocycles. The van der Waals surface area contributed by atoms with Crippen LogP contribution in [0.3, 0.4) is 0 Å². The molecule has 4 heteroatoms. The van der Waals surface area contributed by atoms with Crippen molar-refractivity contribution < 1.29 is 19.1 Å². The number of hydrogen-bond acceptors (Lipinski definition) is 4. The first-order chi connectivity index (χ1) is 18.2. The minimum Gasteiger partial charge on any atom is -0.462 e. The van der Waals surface area contributed by atoms with E-state index in [4.69, 9.17) is 9.47 Å². The third-order valence-corrected chi connectivity index (χ3v) is 6.79. The van der Waals surface area contributed by atoms with Gasteiger partial charge in [0, 0.05) is 6.08 Å². The van der Waals surface area contributed by atoms with Gasteiger partial charge in [-0.3, -0.25) is 0 Å². The molecule has 0 saturated carbocycles. The first kappa shape index (κ1) is 30.6. The highest BCUT2D eigenvalue weighted by Crippen LogP contribution is 2.26. The van der Waals surface area contributed by atoms with Crippen LogP contribution in [0.5, 0.6) is 5.75 Å². The average molecular weight is 509 g/mol. The summed E-state index contributed by atoms with van der Waals surface area (Å²) in [4.78, 5) is 25.2. The van der Waals surface area contributed by atoms with Gasteiger partial charge in [0.05, 0.1) is 6.61 Å². The number of benzene rings is 1. The second-order valence-corrected chi connectivity index (χ2v) is 9.94. The van der Waals surface area contributed by atoms with Gasteiger partial charge in [0.2, 0.25) is 0 Å². The monoisotopic (exact) mass is 508 g/mol. The summed E-state index contributed by atoms with van der Waals surface area (Å²) in [5, 5.41) is 0. The number of carbonyl (C=O) groups excluding carboxylic acids is 2. The number of aryl methyl sites for hydroxylation is 1. The van der Waals surface area contributed by atoms with Crippen LogP contribution in [0, 0.1) is 0 Å². The second kappa shape index (κ2) is 19.5. The number of ether oxygens (including phenoxy) is 2. The van der Waals surface area contributed by atoms with E-state index in [-0.39, 0.29) is 12.4 Å². The Bertz CT molecular complexity index is 894. The quantitative estimate of drug-likeness (QED) is 0.0808. The third kappa shape index (κ3) is 13.0. The molecule has 0 heterocycles. The van der Waals surface area contributed by atoms with Gasteiger partial charge in [-0.2, -0.15) is 0 Å². The first-order valence-corrected chi connectivity index (χ1v) is 14.7. The van der Waals surface area contributed by atoms with Crippen LogP contribution in [0.15, 0.2) is 54.2 Å². The maximum Gasteiger partial charge on any atom is 0.342 e. The molecule has 0 bridgehead atoms. The maximum absolute atomic E-state index is 12.8. The lowest BCUT2D eigenvalue weighted by Crippen LogP contribution is -2.13. The molecule has 204 valence electrons. The zero-order valence-corrected chi connectivity index (χ0v) is 23.3. The fraction of sp³-hybridized carbons (Fsp3) is 0.576. The van der Waals surface area contributed by atoms with E-state index < -0.39 is 11.9 Å². The summed E-state index contributed by atoms with van der Waals surface area (Å²) in [5.41, 5.74) is 2.25. The van der Waals surface area contributed by atoms with E-state index in [2.05, 4.69) is 19.1 Å². The topological polar surface area (TPSA) is 52.6 Å². The minimum atomic E-state index is -0.497. The van der Waals surface area contributed by atoms with Crippen LogP contribution in [0.25, 0.3) is 0 Å². The van der Waals surface area contributed by atoms with E-state index in [0.717, 1.165) is 43.2 Å². The Kier molecular flexibility index (Phi) is 16.1. The number of allylic oxidation sites excluding steroid dienone is 5. The normalized spacial score (nSPS) is 13.1. The van der Waals surface area contributed by atoms with Crippen molar-refractivity contribution >= 4 is 11.9 Å². The molecule has 0 radical (unpaired) electrons. The van der Waals surface area contributed by atoms with Gasteiger partial charge >= 0.3 is 11.9 Å². The summed E-state index contributed by atoms with van der Waals surface area (Å²) < 4.78 is 10.9. The molecule has 0 atom stereocenters. The van der Waals surface area contributed by atoms with Crippen LogP contribution in [-0.2, 0) is 16.0 Å². The molecule has 1 aromatic carbocycles. The van der Waals surface area contributed by atoms with E-state index in [1.54, 1.807) is 19.1 Å². The lowest BCUT2D eigenvalue weighted by atomic mass is 9.99. The summed E-state index contributed by atoms with van der Waals surface area (Å²) >= 11 is 0. The standard InChI is InChI=1S/C33H48O4/c1-3-5-6-7-8-9-10-11-12-13-14-15-19-23-29-24-20-25-30(32(29)33(35)36-4-2)37-31(34)27-26-28-21-17-16-18-22-28/h17,20-22,24-27H,3-16,18-19,23H2,1-2H3/b27-26+. The molecule has 0 aliphatic heterocycles. The Balaban J connectivity index is 1.79. The second-order valence-electron chi connectivity index (χ2n) is 9.94. The van der Waals surface area contributed by atoms with Crippen molar-refractivity contribution in [3.05, 3.63) is 65.3 Å². The predicted octanol–water partition coefficient (Wildman–Crippen LogP) is 9.23. The van der Waals surface area contributed by atoms with Crippen molar-refractivity contribution in [1.82, 2.24) is 0 Å².